The Bertz CT molecular complexity index is 953. The highest BCUT2D eigenvalue weighted by Crippen LogP contribution is 2.35. The van der Waals surface area contributed by atoms with Crippen molar-refractivity contribution in [3.63, 3.8) is 0 Å². The molecule has 0 unspecified atom stereocenters. The van der Waals surface area contributed by atoms with Gasteiger partial charge in [-0.05, 0) is 35.9 Å². The second-order valence-electron chi connectivity index (χ2n) is 7.73. The molecule has 154 valence electrons. The van der Waals surface area contributed by atoms with E-state index in [0.717, 1.165) is 17.0 Å². The van der Waals surface area contributed by atoms with E-state index in [1.165, 1.54) is 7.11 Å². The number of pyridine rings is 1. The third-order valence-corrected chi connectivity index (χ3v) is 6.55. The average molecular weight is 416 g/mol. The average Bonchev–Trinajstić information content (AvgIpc) is 3.21. The van der Waals surface area contributed by atoms with Gasteiger partial charge in [-0.25, -0.2) is 0 Å². The molecule has 2 aromatic heterocycles. The van der Waals surface area contributed by atoms with E-state index >= 15 is 0 Å². The van der Waals surface area contributed by atoms with Crippen molar-refractivity contribution < 1.29 is 14.3 Å². The maximum absolute atomic E-state index is 12.9. The molecule has 7 nitrogen and oxygen atoms in total. The number of nitrogens with one attached hydrogen (secondary N) is 1. The SMILES string of the molecule is COCCC(=O)Nc1ccc2n(c1=O)C[C@H]1C[C@@H]2CN(C(=O)Cc2cccs2)C1. The van der Waals surface area contributed by atoms with Crippen LogP contribution in [0.2, 0.25) is 0 Å². The van der Waals surface area contributed by atoms with Gasteiger partial charge in [-0.15, -0.1) is 11.3 Å². The molecule has 0 aliphatic carbocycles. The highest BCUT2D eigenvalue weighted by molar-refractivity contribution is 7.10. The molecule has 2 amide bonds. The molecule has 2 aromatic rings. The summed E-state index contributed by atoms with van der Waals surface area (Å²) in [6.45, 7) is 2.21. The van der Waals surface area contributed by atoms with Crippen LogP contribution in [-0.2, 0) is 27.3 Å². The number of fused-ring (bicyclic) bond motifs is 4. The van der Waals surface area contributed by atoms with Crippen molar-refractivity contribution >= 4 is 28.8 Å². The number of ether oxygens (including phenoxy) is 1. The Morgan fingerprint density at radius 2 is 2.10 bits per heavy atom. The summed E-state index contributed by atoms with van der Waals surface area (Å²) in [4.78, 5) is 40.6. The Morgan fingerprint density at radius 1 is 1.24 bits per heavy atom. The lowest BCUT2D eigenvalue weighted by molar-refractivity contribution is -0.133. The van der Waals surface area contributed by atoms with Gasteiger partial charge in [0.2, 0.25) is 11.8 Å². The van der Waals surface area contributed by atoms with Crippen LogP contribution in [0.3, 0.4) is 0 Å². The molecular formula is C21H25N3O4S. The summed E-state index contributed by atoms with van der Waals surface area (Å²) in [5, 5.41) is 4.68. The number of carbonyl (C=O) groups is 2. The van der Waals surface area contributed by atoms with Crippen LogP contribution >= 0.6 is 11.3 Å². The summed E-state index contributed by atoms with van der Waals surface area (Å²) in [7, 11) is 1.54. The Labute approximate surface area is 173 Å². The van der Waals surface area contributed by atoms with Crippen molar-refractivity contribution in [3.8, 4) is 0 Å². The number of hydrogen-bond acceptors (Lipinski definition) is 5. The van der Waals surface area contributed by atoms with E-state index < -0.39 is 0 Å². The molecule has 0 spiro atoms. The first-order valence-corrected chi connectivity index (χ1v) is 10.8. The number of anilines is 1. The number of rotatable bonds is 6. The van der Waals surface area contributed by atoms with Crippen LogP contribution in [0, 0.1) is 5.92 Å². The van der Waals surface area contributed by atoms with Gasteiger partial charge in [0.15, 0.2) is 0 Å². The van der Waals surface area contributed by atoms with Gasteiger partial charge in [0, 0.05) is 43.2 Å². The molecule has 1 fully saturated rings. The molecule has 2 aliphatic heterocycles. The fraction of sp³-hybridized carbons (Fsp3) is 0.476. The van der Waals surface area contributed by atoms with Crippen LogP contribution in [0.4, 0.5) is 5.69 Å². The minimum absolute atomic E-state index is 0.153. The lowest BCUT2D eigenvalue weighted by Crippen LogP contribution is -2.49. The molecule has 1 saturated heterocycles. The third-order valence-electron chi connectivity index (χ3n) is 5.67. The topological polar surface area (TPSA) is 80.6 Å². The minimum Gasteiger partial charge on any atom is -0.384 e. The Kier molecular flexibility index (Phi) is 5.82. The number of hydrogen-bond donors (Lipinski definition) is 1. The number of likely N-dealkylation sites (tertiary alicyclic amines) is 1. The highest BCUT2D eigenvalue weighted by Gasteiger charge is 2.36. The van der Waals surface area contributed by atoms with Crippen molar-refractivity contribution in [2.75, 3.05) is 32.1 Å². The monoisotopic (exact) mass is 415 g/mol. The fourth-order valence-electron chi connectivity index (χ4n) is 4.33. The van der Waals surface area contributed by atoms with Gasteiger partial charge in [0.25, 0.3) is 5.56 Å². The summed E-state index contributed by atoms with van der Waals surface area (Å²) < 4.78 is 6.69. The van der Waals surface area contributed by atoms with Crippen molar-refractivity contribution in [1.82, 2.24) is 9.47 Å². The number of thiophene rings is 1. The summed E-state index contributed by atoms with van der Waals surface area (Å²) >= 11 is 1.60. The lowest BCUT2D eigenvalue weighted by atomic mass is 9.83. The van der Waals surface area contributed by atoms with Gasteiger partial charge in [-0.1, -0.05) is 6.07 Å². The molecule has 4 rings (SSSR count). The Morgan fingerprint density at radius 3 is 2.86 bits per heavy atom. The van der Waals surface area contributed by atoms with Gasteiger partial charge >= 0.3 is 0 Å². The zero-order chi connectivity index (χ0) is 20.4. The number of carbonyl (C=O) groups excluding carboxylic acids is 2. The predicted octanol–water partition coefficient (Wildman–Crippen LogP) is 2.07. The first kappa shape index (κ1) is 19.8. The van der Waals surface area contributed by atoms with Crippen LogP contribution in [0.1, 0.15) is 29.3 Å². The summed E-state index contributed by atoms with van der Waals surface area (Å²) in [6.07, 6.45) is 1.64. The van der Waals surface area contributed by atoms with E-state index in [4.69, 9.17) is 4.74 Å². The molecular weight excluding hydrogens is 390 g/mol. The van der Waals surface area contributed by atoms with E-state index in [-0.39, 0.29) is 35.6 Å². The molecule has 0 saturated carbocycles. The second-order valence-corrected chi connectivity index (χ2v) is 8.76. The largest absolute Gasteiger partial charge is 0.384 e. The van der Waals surface area contributed by atoms with Crippen molar-refractivity contribution in [3.05, 3.63) is 50.6 Å². The summed E-state index contributed by atoms with van der Waals surface area (Å²) in [5.74, 6) is 0.331. The van der Waals surface area contributed by atoms with Crippen LogP contribution < -0.4 is 10.9 Å². The fourth-order valence-corrected chi connectivity index (χ4v) is 5.02. The molecule has 2 bridgehead atoms. The Balaban J connectivity index is 1.49. The first-order chi connectivity index (χ1) is 14.0. The molecule has 8 heteroatoms. The van der Waals surface area contributed by atoms with Gasteiger partial charge in [0.1, 0.15) is 5.69 Å². The van der Waals surface area contributed by atoms with E-state index in [9.17, 15) is 14.4 Å². The van der Waals surface area contributed by atoms with Crippen LogP contribution in [-0.4, -0.2) is 48.1 Å². The zero-order valence-electron chi connectivity index (χ0n) is 16.4. The van der Waals surface area contributed by atoms with Crippen molar-refractivity contribution in [1.29, 1.82) is 0 Å². The molecule has 0 radical (unpaired) electrons. The van der Waals surface area contributed by atoms with Crippen molar-refractivity contribution in [2.24, 2.45) is 5.92 Å². The lowest BCUT2D eigenvalue weighted by Gasteiger charge is -2.43. The maximum atomic E-state index is 12.9. The molecule has 0 aromatic carbocycles. The van der Waals surface area contributed by atoms with Gasteiger partial charge < -0.3 is 19.5 Å². The maximum Gasteiger partial charge on any atom is 0.274 e. The number of piperidine rings is 1. The quantitative estimate of drug-likeness (QED) is 0.783. The smallest absolute Gasteiger partial charge is 0.274 e. The number of nitrogens with zero attached hydrogens (tertiary/aromatic N) is 2. The third kappa shape index (κ3) is 4.28. The summed E-state index contributed by atoms with van der Waals surface area (Å²) in [6, 6.07) is 7.56. The molecule has 2 atom stereocenters. The number of amides is 2. The van der Waals surface area contributed by atoms with E-state index in [2.05, 4.69) is 5.32 Å². The molecule has 1 N–H and O–H groups in total. The highest BCUT2D eigenvalue weighted by atomic mass is 32.1. The normalized spacial score (nSPS) is 20.2. The van der Waals surface area contributed by atoms with Crippen molar-refractivity contribution in [2.45, 2.75) is 31.7 Å². The Hall–Kier alpha value is -2.45. The molecule has 2 aliphatic rings. The first-order valence-electron chi connectivity index (χ1n) is 9.88. The molecule has 29 heavy (non-hydrogen) atoms. The zero-order valence-corrected chi connectivity index (χ0v) is 17.2. The van der Waals surface area contributed by atoms with Gasteiger partial charge in [-0.3, -0.25) is 14.4 Å². The van der Waals surface area contributed by atoms with Crippen LogP contribution in [0.25, 0.3) is 0 Å². The van der Waals surface area contributed by atoms with Gasteiger partial charge in [-0.2, -0.15) is 0 Å². The van der Waals surface area contributed by atoms with E-state index in [1.54, 1.807) is 22.0 Å². The van der Waals surface area contributed by atoms with Crippen LogP contribution in [0.5, 0.6) is 0 Å². The predicted molar refractivity (Wildman–Crippen MR) is 111 cm³/mol. The second kappa shape index (κ2) is 8.51. The number of aromatic nitrogens is 1. The van der Waals surface area contributed by atoms with Gasteiger partial charge in [0.05, 0.1) is 19.4 Å². The summed E-state index contributed by atoms with van der Waals surface area (Å²) in [5.41, 5.74) is 1.09. The van der Waals surface area contributed by atoms with E-state index in [1.807, 2.05) is 28.5 Å². The number of methoxy groups -OCH3 is 1. The molecule has 4 heterocycles. The van der Waals surface area contributed by atoms with Crippen LogP contribution in [0.15, 0.2) is 34.4 Å². The van der Waals surface area contributed by atoms with E-state index in [0.29, 0.717) is 38.3 Å². The standard InChI is InChI=1S/C21H25N3O4S/c1-28-7-6-19(25)22-17-4-5-18-15-9-14(12-24(18)21(17)27)11-23(13-15)20(26)10-16-3-2-8-29-16/h2-5,8,14-15H,6-7,9-13H2,1H3,(H,22,25)/t14-,15+/m0/s1. The minimum atomic E-state index is -0.231.